The largest absolute Gasteiger partial charge is 0.396 e. The zero-order valence-corrected chi connectivity index (χ0v) is 11.8. The SMILES string of the molecule is C=Cc1cc(C)c(C(N)=C(C=N)N2C=CC=C(F)C2)cn1. The Morgan fingerprint density at radius 2 is 2.33 bits per heavy atom. The highest BCUT2D eigenvalue weighted by atomic mass is 19.1. The fraction of sp³-hybridized carbons (Fsp3) is 0.125. The Bertz CT molecular complexity index is 671. The third-order valence-electron chi connectivity index (χ3n) is 3.22. The van der Waals surface area contributed by atoms with E-state index in [1.807, 2.05) is 13.0 Å². The quantitative estimate of drug-likeness (QED) is 0.835. The van der Waals surface area contributed by atoms with Crippen LogP contribution in [0, 0.1) is 12.3 Å². The van der Waals surface area contributed by atoms with E-state index in [1.165, 1.54) is 6.08 Å². The summed E-state index contributed by atoms with van der Waals surface area (Å²) in [7, 11) is 0. The van der Waals surface area contributed by atoms with Gasteiger partial charge in [-0.3, -0.25) is 4.98 Å². The Kier molecular flexibility index (Phi) is 4.33. The van der Waals surface area contributed by atoms with Crippen LogP contribution >= 0.6 is 0 Å². The zero-order chi connectivity index (χ0) is 15.4. The molecule has 21 heavy (non-hydrogen) atoms. The molecule has 0 aromatic carbocycles. The lowest BCUT2D eigenvalue weighted by atomic mass is 10.1. The number of aryl methyl sites for hydroxylation is 1. The van der Waals surface area contributed by atoms with Crippen LogP contribution in [-0.4, -0.2) is 22.6 Å². The molecule has 1 aliphatic rings. The van der Waals surface area contributed by atoms with Gasteiger partial charge in [0, 0.05) is 24.2 Å². The molecule has 0 spiro atoms. The van der Waals surface area contributed by atoms with Gasteiger partial charge in [-0.2, -0.15) is 0 Å². The van der Waals surface area contributed by atoms with E-state index in [9.17, 15) is 4.39 Å². The highest BCUT2D eigenvalue weighted by Crippen LogP contribution is 2.22. The molecule has 1 aromatic rings. The van der Waals surface area contributed by atoms with Gasteiger partial charge in [-0.25, -0.2) is 4.39 Å². The molecule has 0 radical (unpaired) electrons. The van der Waals surface area contributed by atoms with E-state index in [0.717, 1.165) is 23.0 Å². The van der Waals surface area contributed by atoms with Gasteiger partial charge in [-0.05, 0) is 36.8 Å². The van der Waals surface area contributed by atoms with Crippen molar-refractivity contribution in [2.24, 2.45) is 5.73 Å². The molecule has 0 atom stereocenters. The first-order valence-electron chi connectivity index (χ1n) is 6.46. The summed E-state index contributed by atoms with van der Waals surface area (Å²) in [5, 5.41) is 7.57. The van der Waals surface area contributed by atoms with Crippen molar-refractivity contribution >= 4 is 18.0 Å². The third-order valence-corrected chi connectivity index (χ3v) is 3.22. The molecule has 0 saturated carbocycles. The molecule has 2 rings (SSSR count). The van der Waals surface area contributed by atoms with Crippen molar-refractivity contribution in [1.82, 2.24) is 9.88 Å². The summed E-state index contributed by atoms with van der Waals surface area (Å²) in [6.45, 7) is 5.65. The maximum Gasteiger partial charge on any atom is 0.120 e. The first-order chi connectivity index (χ1) is 10.1. The molecule has 0 amide bonds. The number of halogens is 1. The highest BCUT2D eigenvalue weighted by Gasteiger charge is 2.15. The Morgan fingerprint density at radius 3 is 2.90 bits per heavy atom. The number of nitrogens with two attached hydrogens (primary N) is 1. The molecule has 108 valence electrons. The predicted molar refractivity (Wildman–Crippen MR) is 84.0 cm³/mol. The van der Waals surface area contributed by atoms with E-state index in [1.54, 1.807) is 29.4 Å². The average molecular weight is 284 g/mol. The van der Waals surface area contributed by atoms with Crippen LogP contribution in [0.15, 0.2) is 48.7 Å². The second-order valence-electron chi connectivity index (χ2n) is 4.65. The van der Waals surface area contributed by atoms with E-state index in [-0.39, 0.29) is 12.4 Å². The number of aromatic nitrogens is 1. The molecule has 0 unspecified atom stereocenters. The minimum absolute atomic E-state index is 0.0686. The van der Waals surface area contributed by atoms with E-state index < -0.39 is 0 Å². The summed E-state index contributed by atoms with van der Waals surface area (Å²) < 4.78 is 13.4. The molecule has 0 bridgehead atoms. The number of pyridine rings is 1. The Labute approximate surface area is 123 Å². The van der Waals surface area contributed by atoms with Crippen LogP contribution in [-0.2, 0) is 0 Å². The summed E-state index contributed by atoms with van der Waals surface area (Å²) in [6, 6.07) is 1.86. The monoisotopic (exact) mass is 284 g/mol. The first-order valence-corrected chi connectivity index (χ1v) is 6.46. The summed E-state index contributed by atoms with van der Waals surface area (Å²) in [6.07, 6.45) is 9.09. The fourth-order valence-corrected chi connectivity index (χ4v) is 2.11. The van der Waals surface area contributed by atoms with Crippen LogP contribution < -0.4 is 5.73 Å². The minimum atomic E-state index is -0.276. The van der Waals surface area contributed by atoms with Gasteiger partial charge < -0.3 is 16.0 Å². The summed E-state index contributed by atoms with van der Waals surface area (Å²) in [4.78, 5) is 5.82. The lowest BCUT2D eigenvalue weighted by Gasteiger charge is -2.24. The van der Waals surface area contributed by atoms with E-state index in [4.69, 9.17) is 11.1 Å². The fourth-order valence-electron chi connectivity index (χ4n) is 2.11. The van der Waals surface area contributed by atoms with Gasteiger partial charge in [-0.1, -0.05) is 6.58 Å². The van der Waals surface area contributed by atoms with E-state index >= 15 is 0 Å². The van der Waals surface area contributed by atoms with E-state index in [0.29, 0.717) is 11.4 Å². The van der Waals surface area contributed by atoms with Crippen molar-refractivity contribution in [1.29, 1.82) is 5.41 Å². The smallest absolute Gasteiger partial charge is 0.120 e. The topological polar surface area (TPSA) is 66.0 Å². The third kappa shape index (κ3) is 3.08. The molecule has 5 heteroatoms. The van der Waals surface area contributed by atoms with Crippen LogP contribution in [0.3, 0.4) is 0 Å². The minimum Gasteiger partial charge on any atom is -0.396 e. The lowest BCUT2D eigenvalue weighted by Crippen LogP contribution is -2.24. The standard InChI is InChI=1S/C16H17FN4/c1-3-13-7-11(2)14(9-20-13)16(19)15(8-18)21-6-4-5-12(17)10-21/h3-9,18H,1,10,19H2,2H3. The van der Waals surface area contributed by atoms with Crippen molar-refractivity contribution in [3.63, 3.8) is 0 Å². The second-order valence-corrected chi connectivity index (χ2v) is 4.65. The Hall–Kier alpha value is -2.69. The molecule has 3 N–H and O–H groups in total. The van der Waals surface area contributed by atoms with Crippen molar-refractivity contribution < 1.29 is 4.39 Å². The molecule has 4 nitrogen and oxygen atoms in total. The number of hydrogen-bond acceptors (Lipinski definition) is 4. The number of allylic oxidation sites excluding steroid dienone is 3. The van der Waals surface area contributed by atoms with Crippen LogP contribution in [0.4, 0.5) is 4.39 Å². The maximum absolute atomic E-state index is 13.4. The summed E-state index contributed by atoms with van der Waals surface area (Å²) in [5.41, 5.74) is 9.40. The van der Waals surface area contributed by atoms with Gasteiger partial charge in [-0.15, -0.1) is 0 Å². The van der Waals surface area contributed by atoms with Crippen molar-refractivity contribution in [2.45, 2.75) is 6.92 Å². The van der Waals surface area contributed by atoms with Crippen molar-refractivity contribution in [3.8, 4) is 0 Å². The number of nitrogens with zero attached hydrogens (tertiary/aromatic N) is 2. The molecule has 2 heterocycles. The number of rotatable bonds is 4. The van der Waals surface area contributed by atoms with Crippen molar-refractivity contribution in [3.05, 3.63) is 65.5 Å². The lowest BCUT2D eigenvalue weighted by molar-refractivity contribution is 0.454. The molecule has 0 aliphatic carbocycles. The van der Waals surface area contributed by atoms with Gasteiger partial charge in [0.2, 0.25) is 0 Å². The highest BCUT2D eigenvalue weighted by molar-refractivity contribution is 5.88. The maximum atomic E-state index is 13.4. The van der Waals surface area contributed by atoms with Gasteiger partial charge in [0.15, 0.2) is 0 Å². The Morgan fingerprint density at radius 1 is 1.57 bits per heavy atom. The summed E-state index contributed by atoms with van der Waals surface area (Å²) >= 11 is 0. The first kappa shape index (κ1) is 14.7. The van der Waals surface area contributed by atoms with Gasteiger partial charge >= 0.3 is 0 Å². The normalized spacial score (nSPS) is 15.3. The van der Waals surface area contributed by atoms with Gasteiger partial charge in [0.25, 0.3) is 0 Å². The molecule has 0 saturated heterocycles. The average Bonchev–Trinajstić information content (AvgIpc) is 2.47. The van der Waals surface area contributed by atoms with Crippen molar-refractivity contribution in [2.75, 3.05) is 6.54 Å². The van der Waals surface area contributed by atoms with Gasteiger partial charge in [0.1, 0.15) is 5.83 Å². The molecule has 1 aliphatic heterocycles. The van der Waals surface area contributed by atoms with Crippen LogP contribution in [0.25, 0.3) is 11.8 Å². The van der Waals surface area contributed by atoms with Crippen LogP contribution in [0.1, 0.15) is 16.8 Å². The molecule has 1 aromatic heterocycles. The molecular weight excluding hydrogens is 267 g/mol. The predicted octanol–water partition coefficient (Wildman–Crippen LogP) is 2.99. The molecular formula is C16H17FN4. The number of nitrogens with one attached hydrogen (secondary N) is 1. The zero-order valence-electron chi connectivity index (χ0n) is 11.8. The number of hydrogen-bond donors (Lipinski definition) is 2. The second kappa shape index (κ2) is 6.17. The van der Waals surface area contributed by atoms with Gasteiger partial charge in [0.05, 0.1) is 23.6 Å². The summed E-state index contributed by atoms with van der Waals surface area (Å²) in [5.74, 6) is -0.276. The molecule has 0 fully saturated rings. The van der Waals surface area contributed by atoms with Crippen LogP contribution in [0.5, 0.6) is 0 Å². The van der Waals surface area contributed by atoms with E-state index in [2.05, 4.69) is 11.6 Å². The Balaban J connectivity index is 2.45. The van der Waals surface area contributed by atoms with Crippen LogP contribution in [0.2, 0.25) is 0 Å².